The van der Waals surface area contributed by atoms with Crippen molar-refractivity contribution in [2.45, 2.75) is 38.6 Å². The lowest BCUT2D eigenvalue weighted by atomic mass is 9.97. The first-order chi connectivity index (χ1) is 13.7. The molecule has 1 aliphatic carbocycles. The molecule has 0 fully saturated rings. The first-order valence-electron chi connectivity index (χ1n) is 9.43. The van der Waals surface area contributed by atoms with Crippen molar-refractivity contribution < 1.29 is 4.79 Å². The van der Waals surface area contributed by atoms with Crippen molar-refractivity contribution in [3.05, 3.63) is 51.4 Å². The highest BCUT2D eigenvalue weighted by molar-refractivity contribution is 7.18. The molecule has 3 aromatic heterocycles. The molecule has 28 heavy (non-hydrogen) atoms. The van der Waals surface area contributed by atoms with Gasteiger partial charge in [-0.1, -0.05) is 12.1 Å². The van der Waals surface area contributed by atoms with Crippen LogP contribution in [0, 0.1) is 0 Å². The number of para-hydroxylation sites is 2. The van der Waals surface area contributed by atoms with Crippen LogP contribution >= 0.6 is 11.3 Å². The molecule has 1 aromatic carbocycles. The lowest BCUT2D eigenvalue weighted by molar-refractivity contribution is -0.116. The molecule has 0 radical (unpaired) electrons. The van der Waals surface area contributed by atoms with Gasteiger partial charge in [0.1, 0.15) is 4.83 Å². The maximum absolute atomic E-state index is 12.9. The number of fused-ring (bicyclic) bond motifs is 4. The normalized spacial score (nSPS) is 13.7. The zero-order valence-electron chi connectivity index (χ0n) is 15.2. The molecule has 142 valence electrons. The molecule has 0 saturated heterocycles. The van der Waals surface area contributed by atoms with E-state index in [2.05, 4.69) is 20.3 Å². The average Bonchev–Trinajstić information content (AvgIpc) is 3.28. The summed E-state index contributed by atoms with van der Waals surface area (Å²) in [6.45, 7) is 0.290. The first kappa shape index (κ1) is 17.1. The van der Waals surface area contributed by atoms with E-state index in [-0.39, 0.29) is 17.9 Å². The Labute approximate surface area is 164 Å². The van der Waals surface area contributed by atoms with Crippen molar-refractivity contribution in [2.75, 3.05) is 5.32 Å². The van der Waals surface area contributed by atoms with Gasteiger partial charge in [-0.25, -0.2) is 9.97 Å². The van der Waals surface area contributed by atoms with Crippen LogP contribution in [0.15, 0.2) is 35.4 Å². The van der Waals surface area contributed by atoms with Crippen LogP contribution in [0.25, 0.3) is 21.3 Å². The largest absolute Gasteiger partial charge is 0.324 e. The van der Waals surface area contributed by atoms with E-state index in [0.717, 1.165) is 40.5 Å². The van der Waals surface area contributed by atoms with E-state index in [1.54, 1.807) is 22.2 Å². The van der Waals surface area contributed by atoms with Gasteiger partial charge >= 0.3 is 0 Å². The summed E-state index contributed by atoms with van der Waals surface area (Å²) in [4.78, 5) is 39.2. The molecule has 1 aliphatic rings. The molecule has 5 rings (SSSR count). The molecule has 7 nitrogen and oxygen atoms in total. The van der Waals surface area contributed by atoms with Crippen molar-refractivity contribution >= 4 is 44.4 Å². The second-order valence-electron chi connectivity index (χ2n) is 7.03. The van der Waals surface area contributed by atoms with Gasteiger partial charge in [-0.3, -0.25) is 19.5 Å². The number of hydrogen-bond donors (Lipinski definition) is 2. The monoisotopic (exact) mass is 393 g/mol. The number of aryl methyl sites for hydroxylation is 3. The van der Waals surface area contributed by atoms with E-state index in [1.165, 1.54) is 16.9 Å². The number of imidazole rings is 1. The lowest BCUT2D eigenvalue weighted by Gasteiger charge is -2.10. The molecule has 1 amide bonds. The van der Waals surface area contributed by atoms with Crippen molar-refractivity contribution in [1.82, 2.24) is 19.5 Å². The number of carbonyl (C=O) groups is 1. The fourth-order valence-electron chi connectivity index (χ4n) is 3.77. The summed E-state index contributed by atoms with van der Waals surface area (Å²) in [6, 6.07) is 7.59. The highest BCUT2D eigenvalue weighted by atomic mass is 32.1. The molecule has 4 aromatic rings. The molecule has 0 saturated carbocycles. The minimum absolute atomic E-state index is 0.0408. The maximum atomic E-state index is 12.9. The molecular weight excluding hydrogens is 374 g/mol. The van der Waals surface area contributed by atoms with Gasteiger partial charge in [-0.05, 0) is 43.4 Å². The van der Waals surface area contributed by atoms with Crippen LogP contribution in [0.2, 0.25) is 0 Å². The van der Waals surface area contributed by atoms with Crippen LogP contribution in [-0.4, -0.2) is 25.4 Å². The van der Waals surface area contributed by atoms with Gasteiger partial charge in [-0.15, -0.1) is 11.3 Å². The van der Waals surface area contributed by atoms with Crippen molar-refractivity contribution in [1.29, 1.82) is 0 Å². The summed E-state index contributed by atoms with van der Waals surface area (Å²) in [7, 11) is 0. The third kappa shape index (κ3) is 2.99. The molecule has 0 unspecified atom stereocenters. The summed E-state index contributed by atoms with van der Waals surface area (Å²) in [5.74, 6) is 0.220. The Morgan fingerprint density at radius 3 is 3.00 bits per heavy atom. The Morgan fingerprint density at radius 1 is 1.25 bits per heavy atom. The number of nitrogens with one attached hydrogen (secondary N) is 2. The summed E-state index contributed by atoms with van der Waals surface area (Å²) in [5, 5.41) is 3.51. The molecule has 2 N–H and O–H groups in total. The van der Waals surface area contributed by atoms with Gasteiger partial charge in [-0.2, -0.15) is 0 Å². The summed E-state index contributed by atoms with van der Waals surface area (Å²) in [5.41, 5.74) is 2.79. The van der Waals surface area contributed by atoms with Gasteiger partial charge in [0.25, 0.3) is 5.56 Å². The van der Waals surface area contributed by atoms with E-state index >= 15 is 0 Å². The predicted molar refractivity (Wildman–Crippen MR) is 110 cm³/mol. The van der Waals surface area contributed by atoms with Gasteiger partial charge in [0.2, 0.25) is 11.9 Å². The minimum atomic E-state index is -0.196. The van der Waals surface area contributed by atoms with Crippen molar-refractivity contribution in [3.63, 3.8) is 0 Å². The maximum Gasteiger partial charge on any atom is 0.262 e. The summed E-state index contributed by atoms with van der Waals surface area (Å²) >= 11 is 1.63. The van der Waals surface area contributed by atoms with E-state index in [4.69, 9.17) is 0 Å². The van der Waals surface area contributed by atoms with Gasteiger partial charge < -0.3 is 4.98 Å². The van der Waals surface area contributed by atoms with Crippen molar-refractivity contribution in [3.8, 4) is 0 Å². The second kappa shape index (κ2) is 6.87. The Balaban J connectivity index is 1.33. The smallest absolute Gasteiger partial charge is 0.262 e. The Hall–Kier alpha value is -3.00. The average molecular weight is 393 g/mol. The zero-order valence-corrected chi connectivity index (χ0v) is 16.0. The Bertz CT molecular complexity index is 1220. The van der Waals surface area contributed by atoms with E-state index < -0.39 is 0 Å². The quantitative estimate of drug-likeness (QED) is 0.557. The number of benzene rings is 1. The lowest BCUT2D eigenvalue weighted by Crippen LogP contribution is -2.24. The predicted octanol–water partition coefficient (Wildman–Crippen LogP) is 3.24. The molecule has 0 bridgehead atoms. The van der Waals surface area contributed by atoms with E-state index in [0.29, 0.717) is 12.5 Å². The number of hydrogen-bond acceptors (Lipinski definition) is 5. The van der Waals surface area contributed by atoms with Crippen LogP contribution in [0.5, 0.6) is 0 Å². The number of carbonyl (C=O) groups excluding carboxylic acids is 1. The molecule has 0 spiro atoms. The van der Waals surface area contributed by atoms with Crippen molar-refractivity contribution in [2.24, 2.45) is 0 Å². The number of anilines is 1. The molecule has 0 aliphatic heterocycles. The van der Waals surface area contributed by atoms with Crippen LogP contribution in [0.1, 0.15) is 29.7 Å². The minimum Gasteiger partial charge on any atom is -0.324 e. The number of rotatable bonds is 4. The second-order valence-corrected chi connectivity index (χ2v) is 8.12. The number of nitrogens with zero attached hydrogens (tertiary/aromatic N) is 3. The number of H-pyrrole nitrogens is 1. The summed E-state index contributed by atoms with van der Waals surface area (Å²) < 4.78 is 1.54. The Kier molecular flexibility index (Phi) is 4.20. The number of amides is 1. The standard InChI is InChI=1S/C20H19N5O2S/c26-16(24-20-22-13-6-2-3-7-14(13)23-20)9-10-25-11-21-18-17(19(25)27)12-5-1-4-8-15(12)28-18/h2-3,6-7,11H,1,4-5,8-10H2,(H2,22,23,24,26). The van der Waals surface area contributed by atoms with Gasteiger partial charge in [0.15, 0.2) is 0 Å². The SMILES string of the molecule is O=C(CCn1cnc2sc3c(c2c1=O)CCCC3)Nc1nc2ccccc2[nH]1. The van der Waals surface area contributed by atoms with Gasteiger partial charge in [0, 0.05) is 17.8 Å². The number of thiophene rings is 1. The summed E-state index contributed by atoms with van der Waals surface area (Å²) in [6.07, 6.45) is 6.01. The molecule has 0 atom stereocenters. The van der Waals surface area contributed by atoms with E-state index in [1.807, 2.05) is 24.3 Å². The van der Waals surface area contributed by atoms with Crippen LogP contribution in [-0.2, 0) is 24.2 Å². The number of aromatic amines is 1. The molecule has 3 heterocycles. The third-order valence-corrected chi connectivity index (χ3v) is 6.37. The number of aromatic nitrogens is 4. The van der Waals surface area contributed by atoms with Crippen LogP contribution in [0.4, 0.5) is 5.95 Å². The zero-order chi connectivity index (χ0) is 19.1. The fraction of sp³-hybridized carbons (Fsp3) is 0.300. The topological polar surface area (TPSA) is 92.7 Å². The molecule has 8 heteroatoms. The van der Waals surface area contributed by atoms with Crippen LogP contribution in [0.3, 0.4) is 0 Å². The molecular formula is C20H19N5O2S. The van der Waals surface area contributed by atoms with E-state index in [9.17, 15) is 9.59 Å². The fourth-order valence-corrected chi connectivity index (χ4v) is 4.99. The first-order valence-corrected chi connectivity index (χ1v) is 10.2. The third-order valence-electron chi connectivity index (χ3n) is 5.17. The van der Waals surface area contributed by atoms with Gasteiger partial charge in [0.05, 0.1) is 22.7 Å². The highest BCUT2D eigenvalue weighted by Gasteiger charge is 2.20. The Morgan fingerprint density at radius 2 is 2.11 bits per heavy atom. The highest BCUT2D eigenvalue weighted by Crippen LogP contribution is 2.33. The van der Waals surface area contributed by atoms with Crippen LogP contribution < -0.4 is 10.9 Å².